The summed E-state index contributed by atoms with van der Waals surface area (Å²) in [6, 6.07) is 15.4. The number of hydrogen-bond acceptors (Lipinski definition) is 3. The van der Waals surface area contributed by atoms with Crippen molar-refractivity contribution in [1.82, 2.24) is 5.32 Å². The highest BCUT2D eigenvalue weighted by molar-refractivity contribution is 5.43. The molecule has 0 heterocycles. The van der Waals surface area contributed by atoms with Crippen LogP contribution in [0, 0.1) is 0 Å². The third-order valence-corrected chi connectivity index (χ3v) is 4.45. The number of methoxy groups -OCH3 is 1. The van der Waals surface area contributed by atoms with Gasteiger partial charge in [0.25, 0.3) is 0 Å². The Morgan fingerprint density at radius 1 is 1.13 bits per heavy atom. The van der Waals surface area contributed by atoms with Crippen LogP contribution < -0.4 is 14.8 Å². The number of nitrogens with one attached hydrogen (secondary N) is 1. The summed E-state index contributed by atoms with van der Waals surface area (Å²) >= 11 is 0. The van der Waals surface area contributed by atoms with Crippen LogP contribution in [0.25, 0.3) is 0 Å². The maximum Gasteiger partial charge on any atom is 0.161 e. The zero-order valence-corrected chi connectivity index (χ0v) is 14.0. The van der Waals surface area contributed by atoms with E-state index >= 15 is 0 Å². The third kappa shape index (κ3) is 3.67. The topological polar surface area (TPSA) is 30.5 Å². The van der Waals surface area contributed by atoms with E-state index in [9.17, 15) is 0 Å². The molecule has 3 heteroatoms. The standard InChI is InChI=1S/C20H25NO2/c1-3-23-20-13-15(11-12-19(20)22-2)14-21-18-10-6-8-16-7-4-5-9-17(16)18/h4-5,7,9,11-13,18,21H,3,6,8,10,14H2,1-2H3. The molecule has 2 aromatic carbocycles. The first-order valence-electron chi connectivity index (χ1n) is 8.42. The van der Waals surface area contributed by atoms with E-state index in [1.165, 1.54) is 36.0 Å². The molecule has 23 heavy (non-hydrogen) atoms. The lowest BCUT2D eigenvalue weighted by Gasteiger charge is -2.26. The summed E-state index contributed by atoms with van der Waals surface area (Å²) in [4.78, 5) is 0. The second-order valence-electron chi connectivity index (χ2n) is 5.94. The molecule has 0 saturated heterocycles. The first-order chi connectivity index (χ1) is 11.3. The summed E-state index contributed by atoms with van der Waals surface area (Å²) in [6.45, 7) is 3.47. The van der Waals surface area contributed by atoms with Crippen LogP contribution in [0.2, 0.25) is 0 Å². The Kier molecular flexibility index (Phi) is 5.19. The van der Waals surface area contributed by atoms with Gasteiger partial charge in [0.15, 0.2) is 11.5 Å². The van der Waals surface area contributed by atoms with Gasteiger partial charge in [0.1, 0.15) is 0 Å². The van der Waals surface area contributed by atoms with Gasteiger partial charge in [-0.25, -0.2) is 0 Å². The van der Waals surface area contributed by atoms with Crippen LogP contribution in [0.5, 0.6) is 11.5 Å². The Morgan fingerprint density at radius 2 is 2.00 bits per heavy atom. The van der Waals surface area contributed by atoms with Crippen molar-refractivity contribution in [3.63, 3.8) is 0 Å². The van der Waals surface area contributed by atoms with E-state index in [4.69, 9.17) is 9.47 Å². The van der Waals surface area contributed by atoms with Gasteiger partial charge in [0.05, 0.1) is 13.7 Å². The summed E-state index contributed by atoms with van der Waals surface area (Å²) in [5.41, 5.74) is 4.16. The zero-order valence-electron chi connectivity index (χ0n) is 14.0. The largest absolute Gasteiger partial charge is 0.493 e. The molecule has 1 atom stereocenters. The Morgan fingerprint density at radius 3 is 2.83 bits per heavy atom. The zero-order chi connectivity index (χ0) is 16.1. The summed E-state index contributed by atoms with van der Waals surface area (Å²) in [5, 5.41) is 3.70. The molecule has 0 aliphatic heterocycles. The van der Waals surface area contributed by atoms with Gasteiger partial charge in [-0.2, -0.15) is 0 Å². The van der Waals surface area contributed by atoms with E-state index < -0.39 is 0 Å². The Hall–Kier alpha value is -2.00. The van der Waals surface area contributed by atoms with Crippen LogP contribution in [-0.2, 0) is 13.0 Å². The van der Waals surface area contributed by atoms with Crippen molar-refractivity contribution in [1.29, 1.82) is 0 Å². The van der Waals surface area contributed by atoms with Gasteiger partial charge in [0, 0.05) is 12.6 Å². The number of ether oxygens (including phenoxy) is 2. The second-order valence-corrected chi connectivity index (χ2v) is 5.94. The van der Waals surface area contributed by atoms with Crippen LogP contribution >= 0.6 is 0 Å². The fourth-order valence-corrected chi connectivity index (χ4v) is 3.31. The highest BCUT2D eigenvalue weighted by Crippen LogP contribution is 2.31. The van der Waals surface area contributed by atoms with E-state index in [0.717, 1.165) is 18.0 Å². The highest BCUT2D eigenvalue weighted by Gasteiger charge is 2.19. The first-order valence-corrected chi connectivity index (χ1v) is 8.42. The third-order valence-electron chi connectivity index (χ3n) is 4.45. The van der Waals surface area contributed by atoms with E-state index in [-0.39, 0.29) is 0 Å². The molecule has 3 rings (SSSR count). The van der Waals surface area contributed by atoms with E-state index in [2.05, 4.69) is 41.7 Å². The molecule has 1 aliphatic carbocycles. The van der Waals surface area contributed by atoms with Gasteiger partial charge in [-0.15, -0.1) is 0 Å². The molecule has 0 saturated carbocycles. The maximum absolute atomic E-state index is 5.66. The summed E-state index contributed by atoms with van der Waals surface area (Å²) in [6.07, 6.45) is 3.65. The second kappa shape index (κ2) is 7.51. The monoisotopic (exact) mass is 311 g/mol. The molecule has 0 spiro atoms. The number of hydrogen-bond donors (Lipinski definition) is 1. The molecule has 3 nitrogen and oxygen atoms in total. The average Bonchev–Trinajstić information content (AvgIpc) is 2.60. The lowest BCUT2D eigenvalue weighted by atomic mass is 9.87. The molecule has 0 amide bonds. The van der Waals surface area contributed by atoms with Crippen LogP contribution in [0.1, 0.15) is 42.5 Å². The van der Waals surface area contributed by atoms with Gasteiger partial charge in [-0.1, -0.05) is 30.3 Å². The highest BCUT2D eigenvalue weighted by atomic mass is 16.5. The van der Waals surface area contributed by atoms with Crippen molar-refractivity contribution in [2.24, 2.45) is 0 Å². The minimum atomic E-state index is 0.442. The molecule has 2 aromatic rings. The van der Waals surface area contributed by atoms with E-state index in [0.29, 0.717) is 12.6 Å². The van der Waals surface area contributed by atoms with E-state index in [1.54, 1.807) is 7.11 Å². The van der Waals surface area contributed by atoms with Crippen LogP contribution in [0.3, 0.4) is 0 Å². The number of aryl methyl sites for hydroxylation is 1. The summed E-state index contributed by atoms with van der Waals surface area (Å²) in [5.74, 6) is 1.61. The molecular formula is C20H25NO2. The molecule has 0 fully saturated rings. The molecule has 0 bridgehead atoms. The number of fused-ring (bicyclic) bond motifs is 1. The van der Waals surface area contributed by atoms with Crippen molar-refractivity contribution < 1.29 is 9.47 Å². The van der Waals surface area contributed by atoms with Crippen LogP contribution in [0.4, 0.5) is 0 Å². The predicted octanol–water partition coefficient (Wildman–Crippen LogP) is 4.26. The van der Waals surface area contributed by atoms with Crippen molar-refractivity contribution in [2.45, 2.75) is 38.8 Å². The summed E-state index contributed by atoms with van der Waals surface area (Å²) < 4.78 is 11.0. The lowest BCUT2D eigenvalue weighted by Crippen LogP contribution is -2.24. The lowest BCUT2D eigenvalue weighted by molar-refractivity contribution is 0.310. The van der Waals surface area contributed by atoms with Crippen LogP contribution in [0.15, 0.2) is 42.5 Å². The molecular weight excluding hydrogens is 286 g/mol. The van der Waals surface area contributed by atoms with Crippen molar-refractivity contribution in [3.05, 3.63) is 59.2 Å². The van der Waals surface area contributed by atoms with Gasteiger partial charge < -0.3 is 14.8 Å². The molecule has 0 aromatic heterocycles. The van der Waals surface area contributed by atoms with Gasteiger partial charge >= 0.3 is 0 Å². The predicted molar refractivity (Wildman–Crippen MR) is 93.1 cm³/mol. The number of benzene rings is 2. The van der Waals surface area contributed by atoms with Crippen molar-refractivity contribution >= 4 is 0 Å². The first kappa shape index (κ1) is 15.9. The molecule has 122 valence electrons. The maximum atomic E-state index is 5.66. The SMILES string of the molecule is CCOc1cc(CNC2CCCc3ccccc32)ccc1OC. The van der Waals surface area contributed by atoms with Gasteiger partial charge in [0.2, 0.25) is 0 Å². The van der Waals surface area contributed by atoms with Crippen LogP contribution in [-0.4, -0.2) is 13.7 Å². The van der Waals surface area contributed by atoms with Crippen molar-refractivity contribution in [2.75, 3.05) is 13.7 Å². The van der Waals surface area contributed by atoms with Gasteiger partial charge in [-0.3, -0.25) is 0 Å². The quantitative estimate of drug-likeness (QED) is 0.864. The average molecular weight is 311 g/mol. The smallest absolute Gasteiger partial charge is 0.161 e. The fraction of sp³-hybridized carbons (Fsp3) is 0.400. The van der Waals surface area contributed by atoms with Gasteiger partial charge in [-0.05, 0) is 55.0 Å². The fourth-order valence-electron chi connectivity index (χ4n) is 3.31. The molecule has 1 aliphatic rings. The molecule has 0 radical (unpaired) electrons. The Labute approximate surface area is 138 Å². The minimum Gasteiger partial charge on any atom is -0.493 e. The molecule has 1 N–H and O–H groups in total. The van der Waals surface area contributed by atoms with Crippen molar-refractivity contribution in [3.8, 4) is 11.5 Å². The number of rotatable bonds is 6. The Bertz CT molecular complexity index is 654. The molecule has 1 unspecified atom stereocenters. The van der Waals surface area contributed by atoms with E-state index in [1.807, 2.05) is 13.0 Å². The normalized spacial score (nSPS) is 16.7. The Balaban J connectivity index is 1.70. The minimum absolute atomic E-state index is 0.442. The summed E-state index contributed by atoms with van der Waals surface area (Å²) in [7, 11) is 1.68.